The second-order valence-electron chi connectivity index (χ2n) is 2.26. The van der Waals surface area contributed by atoms with E-state index in [0.29, 0.717) is 11.0 Å². The van der Waals surface area contributed by atoms with Crippen LogP contribution in [-0.2, 0) is 0 Å². The molecule has 0 radical (unpaired) electrons. The smallest absolute Gasteiger partial charge is 0.356 e. The van der Waals surface area contributed by atoms with Gasteiger partial charge in [0.15, 0.2) is 5.69 Å². The summed E-state index contributed by atoms with van der Waals surface area (Å²) in [7, 11) is 0. The number of aromatic nitrogens is 3. The minimum atomic E-state index is -1.05. The SMILES string of the molecule is O=C(O)c1nccc2nc[nH]c12. The van der Waals surface area contributed by atoms with Gasteiger partial charge in [-0.05, 0) is 6.07 Å². The topological polar surface area (TPSA) is 78.9 Å². The van der Waals surface area contributed by atoms with Crippen molar-refractivity contribution in [1.82, 2.24) is 15.0 Å². The molecule has 0 aromatic carbocycles. The maximum Gasteiger partial charge on any atom is 0.356 e. The lowest BCUT2D eigenvalue weighted by atomic mass is 10.3. The zero-order valence-electron chi connectivity index (χ0n) is 5.98. The molecule has 0 saturated heterocycles. The molecule has 0 unspecified atom stereocenters. The first kappa shape index (κ1) is 6.78. The summed E-state index contributed by atoms with van der Waals surface area (Å²) in [5, 5.41) is 8.69. The highest BCUT2D eigenvalue weighted by Gasteiger charge is 2.10. The molecule has 0 aliphatic heterocycles. The Balaban J connectivity index is 2.82. The van der Waals surface area contributed by atoms with Gasteiger partial charge in [-0.2, -0.15) is 0 Å². The summed E-state index contributed by atoms with van der Waals surface area (Å²) in [6.45, 7) is 0. The van der Waals surface area contributed by atoms with Crippen LogP contribution in [0.15, 0.2) is 18.6 Å². The van der Waals surface area contributed by atoms with Gasteiger partial charge in [-0.15, -0.1) is 0 Å². The predicted molar refractivity (Wildman–Crippen MR) is 40.8 cm³/mol. The highest BCUT2D eigenvalue weighted by molar-refractivity contribution is 5.98. The number of pyridine rings is 1. The average molecular weight is 163 g/mol. The Bertz CT molecular complexity index is 435. The van der Waals surface area contributed by atoms with Gasteiger partial charge in [0, 0.05) is 6.20 Å². The van der Waals surface area contributed by atoms with Gasteiger partial charge in [0.05, 0.1) is 17.4 Å². The van der Waals surface area contributed by atoms with Gasteiger partial charge < -0.3 is 10.1 Å². The van der Waals surface area contributed by atoms with Gasteiger partial charge in [0.1, 0.15) is 0 Å². The summed E-state index contributed by atoms with van der Waals surface area (Å²) in [6.07, 6.45) is 2.87. The van der Waals surface area contributed by atoms with Gasteiger partial charge in [-0.1, -0.05) is 0 Å². The van der Waals surface area contributed by atoms with Crippen molar-refractivity contribution in [3.63, 3.8) is 0 Å². The Kier molecular flexibility index (Phi) is 1.30. The van der Waals surface area contributed by atoms with Crippen molar-refractivity contribution < 1.29 is 9.90 Å². The van der Waals surface area contributed by atoms with Crippen molar-refractivity contribution in [3.8, 4) is 0 Å². The molecule has 2 N–H and O–H groups in total. The second-order valence-corrected chi connectivity index (χ2v) is 2.26. The van der Waals surface area contributed by atoms with E-state index in [-0.39, 0.29) is 5.69 Å². The Hall–Kier alpha value is -1.91. The summed E-state index contributed by atoms with van der Waals surface area (Å²) in [5.74, 6) is -1.05. The van der Waals surface area contributed by atoms with E-state index in [4.69, 9.17) is 5.11 Å². The molecule has 0 bridgehead atoms. The van der Waals surface area contributed by atoms with Crippen LogP contribution in [0.4, 0.5) is 0 Å². The minimum Gasteiger partial charge on any atom is -0.476 e. The number of carboxylic acids is 1. The molecule has 2 aromatic rings. The van der Waals surface area contributed by atoms with Crippen LogP contribution >= 0.6 is 0 Å². The molecule has 0 amide bonds. The van der Waals surface area contributed by atoms with Crippen molar-refractivity contribution in [2.24, 2.45) is 0 Å². The average Bonchev–Trinajstić information content (AvgIpc) is 2.49. The number of carboxylic acid groups (broad SMARTS) is 1. The number of aromatic carboxylic acids is 1. The van der Waals surface area contributed by atoms with Gasteiger partial charge in [0.2, 0.25) is 0 Å². The van der Waals surface area contributed by atoms with Crippen LogP contribution in [0.1, 0.15) is 10.5 Å². The van der Waals surface area contributed by atoms with Gasteiger partial charge in [-0.25, -0.2) is 14.8 Å². The Morgan fingerprint density at radius 2 is 2.33 bits per heavy atom. The van der Waals surface area contributed by atoms with Crippen LogP contribution in [0.25, 0.3) is 11.0 Å². The molecule has 12 heavy (non-hydrogen) atoms. The normalized spacial score (nSPS) is 10.3. The number of nitrogens with one attached hydrogen (secondary N) is 1. The first-order chi connectivity index (χ1) is 5.79. The fraction of sp³-hybridized carbons (Fsp3) is 0. The maximum atomic E-state index is 10.6. The van der Waals surface area contributed by atoms with Crippen LogP contribution in [0.5, 0.6) is 0 Å². The minimum absolute atomic E-state index is 0.00463. The van der Waals surface area contributed by atoms with E-state index in [1.165, 1.54) is 12.5 Å². The van der Waals surface area contributed by atoms with Crippen LogP contribution in [0, 0.1) is 0 Å². The van der Waals surface area contributed by atoms with Gasteiger partial charge >= 0.3 is 5.97 Å². The number of hydrogen-bond acceptors (Lipinski definition) is 3. The van der Waals surface area contributed by atoms with Crippen LogP contribution in [0.3, 0.4) is 0 Å². The van der Waals surface area contributed by atoms with E-state index in [2.05, 4.69) is 15.0 Å². The Morgan fingerprint density at radius 1 is 1.50 bits per heavy atom. The van der Waals surface area contributed by atoms with Crippen molar-refractivity contribution in [2.45, 2.75) is 0 Å². The Labute approximate surface area is 67.1 Å². The number of carbonyl (C=O) groups is 1. The first-order valence-electron chi connectivity index (χ1n) is 3.30. The van der Waals surface area contributed by atoms with Crippen molar-refractivity contribution in [2.75, 3.05) is 0 Å². The summed E-state index contributed by atoms with van der Waals surface area (Å²) in [6, 6.07) is 1.65. The molecule has 2 aromatic heterocycles. The lowest BCUT2D eigenvalue weighted by Gasteiger charge is -1.92. The van der Waals surface area contributed by atoms with E-state index in [0.717, 1.165) is 0 Å². The largest absolute Gasteiger partial charge is 0.476 e. The van der Waals surface area contributed by atoms with E-state index < -0.39 is 5.97 Å². The third-order valence-corrected chi connectivity index (χ3v) is 1.54. The first-order valence-corrected chi connectivity index (χ1v) is 3.30. The van der Waals surface area contributed by atoms with Gasteiger partial charge in [-0.3, -0.25) is 0 Å². The molecular weight excluding hydrogens is 158 g/mol. The fourth-order valence-electron chi connectivity index (χ4n) is 1.03. The number of H-pyrrole nitrogens is 1. The summed E-state index contributed by atoms with van der Waals surface area (Å²) < 4.78 is 0. The molecular formula is C7H5N3O2. The standard InChI is InChI=1S/C7H5N3O2/c11-7(12)6-5-4(1-2-8-6)9-3-10-5/h1-3H,(H,9,10)(H,11,12). The monoisotopic (exact) mass is 163 g/mol. The number of hydrogen-bond donors (Lipinski definition) is 2. The zero-order chi connectivity index (χ0) is 8.55. The van der Waals surface area contributed by atoms with E-state index in [9.17, 15) is 4.79 Å². The molecule has 0 aliphatic rings. The fourth-order valence-corrected chi connectivity index (χ4v) is 1.03. The molecule has 60 valence electrons. The molecule has 0 spiro atoms. The molecule has 5 heteroatoms. The third kappa shape index (κ3) is 0.833. The molecule has 0 fully saturated rings. The van der Waals surface area contributed by atoms with E-state index in [1.807, 2.05) is 0 Å². The van der Waals surface area contributed by atoms with E-state index >= 15 is 0 Å². The van der Waals surface area contributed by atoms with Gasteiger partial charge in [0.25, 0.3) is 0 Å². The highest BCUT2D eigenvalue weighted by Crippen LogP contribution is 2.10. The lowest BCUT2D eigenvalue weighted by molar-refractivity contribution is 0.0692. The summed E-state index contributed by atoms with van der Waals surface area (Å²) >= 11 is 0. The van der Waals surface area contributed by atoms with Crippen molar-refractivity contribution >= 4 is 17.0 Å². The van der Waals surface area contributed by atoms with Crippen molar-refractivity contribution in [1.29, 1.82) is 0 Å². The summed E-state index contributed by atoms with van der Waals surface area (Å²) in [5.41, 5.74) is 1.08. The lowest BCUT2D eigenvalue weighted by Crippen LogP contribution is -2.00. The van der Waals surface area contributed by atoms with Crippen LogP contribution < -0.4 is 0 Å². The predicted octanol–water partition coefficient (Wildman–Crippen LogP) is 0.656. The molecule has 5 nitrogen and oxygen atoms in total. The third-order valence-electron chi connectivity index (χ3n) is 1.54. The second kappa shape index (κ2) is 2.30. The highest BCUT2D eigenvalue weighted by atomic mass is 16.4. The number of fused-ring (bicyclic) bond motifs is 1. The van der Waals surface area contributed by atoms with Crippen LogP contribution in [0.2, 0.25) is 0 Å². The number of rotatable bonds is 1. The quantitative estimate of drug-likeness (QED) is 0.647. The maximum absolute atomic E-state index is 10.6. The van der Waals surface area contributed by atoms with E-state index in [1.54, 1.807) is 6.07 Å². The molecule has 0 aliphatic carbocycles. The zero-order valence-corrected chi connectivity index (χ0v) is 5.98. The molecule has 2 rings (SSSR count). The van der Waals surface area contributed by atoms with Crippen LogP contribution in [-0.4, -0.2) is 26.0 Å². The number of nitrogens with zero attached hydrogens (tertiary/aromatic N) is 2. The van der Waals surface area contributed by atoms with Crippen molar-refractivity contribution in [3.05, 3.63) is 24.3 Å². The summed E-state index contributed by atoms with van der Waals surface area (Å²) in [4.78, 5) is 20.9. The molecule has 0 atom stereocenters. The molecule has 0 saturated carbocycles. The Morgan fingerprint density at radius 3 is 3.08 bits per heavy atom. The molecule has 2 heterocycles. The number of imidazole rings is 1. The number of aromatic amines is 1.